The van der Waals surface area contributed by atoms with Crippen molar-refractivity contribution in [2.45, 2.75) is 64.6 Å². The third-order valence-electron chi connectivity index (χ3n) is 6.63. The summed E-state index contributed by atoms with van der Waals surface area (Å²) in [5.74, 6) is -1.52. The number of alkyl halides is 3. The molecule has 10 heteroatoms. The van der Waals surface area contributed by atoms with E-state index in [1.165, 1.54) is 12.8 Å². The number of nitrogens with zero attached hydrogens (tertiary/aromatic N) is 3. The Morgan fingerprint density at radius 2 is 1.82 bits per heavy atom. The number of carbonyl (C=O) groups is 3. The predicted molar refractivity (Wildman–Crippen MR) is 113 cm³/mol. The maximum absolute atomic E-state index is 12.4. The van der Waals surface area contributed by atoms with Crippen molar-refractivity contribution in [3.63, 3.8) is 0 Å². The first-order valence-corrected chi connectivity index (χ1v) is 11.3. The van der Waals surface area contributed by atoms with Crippen LogP contribution in [0, 0.1) is 18.3 Å². The van der Waals surface area contributed by atoms with E-state index in [-0.39, 0.29) is 11.3 Å². The van der Waals surface area contributed by atoms with Gasteiger partial charge < -0.3 is 14.9 Å². The molecule has 1 aromatic heterocycles. The third kappa shape index (κ3) is 7.17. The average molecular weight is 470 g/mol. The number of halogens is 3. The standard InChI is InChI=1S/C21H29N3O2.C2HF3O2/c1-16-3-2-4-18(22-16)14-24-15-21(8-7-19(24)25)9-11-23(12-10-21)20(26)13-17-5-6-17;3-2(4,5)1(6)7/h2-4,17H,5-15H2,1H3;(H,6,7). The minimum Gasteiger partial charge on any atom is -0.475 e. The summed E-state index contributed by atoms with van der Waals surface area (Å²) in [6, 6.07) is 5.99. The van der Waals surface area contributed by atoms with Gasteiger partial charge in [-0.3, -0.25) is 14.6 Å². The Hall–Kier alpha value is -2.65. The second-order valence-corrected chi connectivity index (χ2v) is 9.35. The van der Waals surface area contributed by atoms with Crippen LogP contribution < -0.4 is 0 Å². The van der Waals surface area contributed by atoms with Gasteiger partial charge in [0.25, 0.3) is 0 Å². The van der Waals surface area contributed by atoms with E-state index < -0.39 is 12.1 Å². The van der Waals surface area contributed by atoms with Gasteiger partial charge in [-0.05, 0) is 62.5 Å². The van der Waals surface area contributed by atoms with E-state index in [1.807, 2.05) is 30.0 Å². The summed E-state index contributed by atoms with van der Waals surface area (Å²) < 4.78 is 31.7. The Morgan fingerprint density at radius 3 is 2.36 bits per heavy atom. The maximum Gasteiger partial charge on any atom is 0.490 e. The molecule has 33 heavy (non-hydrogen) atoms. The molecule has 3 fully saturated rings. The quantitative estimate of drug-likeness (QED) is 0.728. The first kappa shape index (κ1) is 25.0. The van der Waals surface area contributed by atoms with Crippen LogP contribution in [0.3, 0.4) is 0 Å². The van der Waals surface area contributed by atoms with Gasteiger partial charge in [-0.25, -0.2) is 4.79 Å². The first-order chi connectivity index (χ1) is 15.5. The number of aryl methyl sites for hydroxylation is 1. The lowest BCUT2D eigenvalue weighted by molar-refractivity contribution is -0.192. The van der Waals surface area contributed by atoms with Crippen LogP contribution in [0.2, 0.25) is 0 Å². The number of carboxylic acids is 1. The molecular weight excluding hydrogens is 439 g/mol. The second kappa shape index (κ2) is 10.1. The molecule has 2 aliphatic heterocycles. The molecule has 1 aromatic rings. The number of rotatable bonds is 4. The smallest absolute Gasteiger partial charge is 0.475 e. The molecule has 182 valence electrons. The summed E-state index contributed by atoms with van der Waals surface area (Å²) in [5, 5.41) is 7.12. The Kier molecular flexibility index (Phi) is 7.64. The zero-order valence-electron chi connectivity index (χ0n) is 18.7. The number of hydrogen-bond donors (Lipinski definition) is 1. The summed E-state index contributed by atoms with van der Waals surface area (Å²) in [6.45, 7) is 5.11. The molecular formula is C23H30F3N3O4. The molecule has 4 rings (SSSR count). The maximum atomic E-state index is 12.4. The molecule has 3 aliphatic rings. The molecule has 0 bridgehead atoms. The van der Waals surface area contributed by atoms with Gasteiger partial charge in [0.2, 0.25) is 11.8 Å². The summed E-state index contributed by atoms with van der Waals surface area (Å²) in [6.07, 6.45) is 1.76. The molecule has 2 saturated heterocycles. The Balaban J connectivity index is 0.000000383. The molecule has 1 aliphatic carbocycles. The highest BCUT2D eigenvalue weighted by atomic mass is 19.4. The number of pyridine rings is 1. The SMILES string of the molecule is Cc1cccc(CN2CC3(CCC2=O)CCN(C(=O)CC2CC2)CC3)n1.O=C(O)C(F)(F)F. The molecule has 3 heterocycles. The number of hydrogen-bond acceptors (Lipinski definition) is 4. The summed E-state index contributed by atoms with van der Waals surface area (Å²) in [5.41, 5.74) is 2.14. The molecule has 0 atom stereocenters. The number of carbonyl (C=O) groups excluding carboxylic acids is 2. The van der Waals surface area contributed by atoms with Crippen LogP contribution in [0.15, 0.2) is 18.2 Å². The van der Waals surface area contributed by atoms with Crippen molar-refractivity contribution < 1.29 is 32.7 Å². The lowest BCUT2D eigenvalue weighted by atomic mass is 9.72. The van der Waals surface area contributed by atoms with Crippen LogP contribution in [0.5, 0.6) is 0 Å². The van der Waals surface area contributed by atoms with E-state index in [0.717, 1.165) is 56.7 Å². The van der Waals surface area contributed by atoms with Crippen LogP contribution in [0.1, 0.15) is 56.3 Å². The topological polar surface area (TPSA) is 90.8 Å². The average Bonchev–Trinajstić information content (AvgIpc) is 3.55. The number of amides is 2. The summed E-state index contributed by atoms with van der Waals surface area (Å²) >= 11 is 0. The van der Waals surface area contributed by atoms with Gasteiger partial charge in [0, 0.05) is 38.2 Å². The van der Waals surface area contributed by atoms with Gasteiger partial charge in [-0.1, -0.05) is 6.07 Å². The largest absolute Gasteiger partial charge is 0.490 e. The minimum atomic E-state index is -5.08. The number of likely N-dealkylation sites (tertiary alicyclic amines) is 2. The van der Waals surface area contributed by atoms with Crippen molar-refractivity contribution in [1.82, 2.24) is 14.8 Å². The van der Waals surface area contributed by atoms with Gasteiger partial charge in [0.1, 0.15) is 0 Å². The Bertz CT molecular complexity index is 878. The van der Waals surface area contributed by atoms with Crippen molar-refractivity contribution in [2.75, 3.05) is 19.6 Å². The van der Waals surface area contributed by atoms with Gasteiger partial charge in [-0.2, -0.15) is 13.2 Å². The first-order valence-electron chi connectivity index (χ1n) is 11.3. The molecule has 7 nitrogen and oxygen atoms in total. The van der Waals surface area contributed by atoms with Crippen molar-refractivity contribution in [2.24, 2.45) is 11.3 Å². The molecule has 0 radical (unpaired) electrons. The van der Waals surface area contributed by atoms with Crippen LogP contribution in [0.4, 0.5) is 13.2 Å². The van der Waals surface area contributed by atoms with E-state index in [1.54, 1.807) is 0 Å². The van der Waals surface area contributed by atoms with E-state index >= 15 is 0 Å². The van der Waals surface area contributed by atoms with Crippen molar-refractivity contribution >= 4 is 17.8 Å². The zero-order chi connectivity index (χ0) is 24.2. The summed E-state index contributed by atoms with van der Waals surface area (Å²) in [4.78, 5) is 42.3. The predicted octanol–water partition coefficient (Wildman–Crippen LogP) is 3.55. The molecule has 0 unspecified atom stereocenters. The van der Waals surface area contributed by atoms with Crippen LogP contribution in [-0.4, -0.2) is 63.5 Å². The fraction of sp³-hybridized carbons (Fsp3) is 0.652. The van der Waals surface area contributed by atoms with Gasteiger partial charge in [0.15, 0.2) is 0 Å². The van der Waals surface area contributed by atoms with Crippen LogP contribution >= 0.6 is 0 Å². The number of aliphatic carboxylic acids is 1. The highest BCUT2D eigenvalue weighted by Crippen LogP contribution is 2.41. The number of aromatic nitrogens is 1. The lowest BCUT2D eigenvalue weighted by Gasteiger charge is -2.47. The van der Waals surface area contributed by atoms with Crippen molar-refractivity contribution in [1.29, 1.82) is 0 Å². The monoisotopic (exact) mass is 469 g/mol. The Morgan fingerprint density at radius 1 is 1.18 bits per heavy atom. The Labute approximate surface area is 191 Å². The van der Waals surface area contributed by atoms with Crippen LogP contribution in [-0.2, 0) is 20.9 Å². The molecule has 1 spiro atoms. The van der Waals surface area contributed by atoms with Gasteiger partial charge >= 0.3 is 12.1 Å². The molecule has 2 amide bonds. The van der Waals surface area contributed by atoms with Crippen LogP contribution in [0.25, 0.3) is 0 Å². The molecule has 0 aromatic carbocycles. The van der Waals surface area contributed by atoms with Crippen molar-refractivity contribution in [3.8, 4) is 0 Å². The second-order valence-electron chi connectivity index (χ2n) is 9.35. The van der Waals surface area contributed by atoms with Gasteiger partial charge in [0.05, 0.1) is 12.2 Å². The fourth-order valence-corrected chi connectivity index (χ4v) is 4.47. The molecule has 1 saturated carbocycles. The minimum absolute atomic E-state index is 0.189. The fourth-order valence-electron chi connectivity index (χ4n) is 4.47. The van der Waals surface area contributed by atoms with E-state index in [4.69, 9.17) is 9.90 Å². The molecule has 1 N–H and O–H groups in total. The normalized spacial score (nSPS) is 20.3. The third-order valence-corrected chi connectivity index (χ3v) is 6.63. The lowest BCUT2D eigenvalue weighted by Crippen LogP contribution is -2.52. The van der Waals surface area contributed by atoms with E-state index in [2.05, 4.69) is 9.88 Å². The highest BCUT2D eigenvalue weighted by Gasteiger charge is 2.42. The van der Waals surface area contributed by atoms with Crippen molar-refractivity contribution in [3.05, 3.63) is 29.6 Å². The van der Waals surface area contributed by atoms with E-state index in [9.17, 15) is 22.8 Å². The zero-order valence-corrected chi connectivity index (χ0v) is 18.7. The summed E-state index contributed by atoms with van der Waals surface area (Å²) in [7, 11) is 0. The number of piperidine rings is 2. The van der Waals surface area contributed by atoms with Gasteiger partial charge in [-0.15, -0.1) is 0 Å². The highest BCUT2D eigenvalue weighted by molar-refractivity contribution is 5.78. The van der Waals surface area contributed by atoms with E-state index in [0.29, 0.717) is 24.8 Å². The number of carboxylic acid groups (broad SMARTS) is 1.